The Morgan fingerprint density at radius 3 is 2.61 bits per heavy atom. The van der Waals surface area contributed by atoms with Crippen LogP contribution >= 0.6 is 11.3 Å². The summed E-state index contributed by atoms with van der Waals surface area (Å²) in [5, 5.41) is 8.57. The van der Waals surface area contributed by atoms with Crippen molar-refractivity contribution in [3.8, 4) is 5.13 Å². The molecule has 0 radical (unpaired) electrons. The predicted octanol–water partition coefficient (Wildman–Crippen LogP) is 4.88. The molecule has 1 aliphatic heterocycles. The van der Waals surface area contributed by atoms with Crippen molar-refractivity contribution in [2.24, 2.45) is 0 Å². The predicted molar refractivity (Wildman–Crippen MR) is 112 cm³/mol. The average Bonchev–Trinajstić information content (AvgIpc) is 3.22. The molecular weight excluding hydrogens is 368 g/mol. The molecule has 2 aromatic carbocycles. The molecule has 0 saturated heterocycles. The minimum atomic E-state index is 0.00900. The molecule has 1 atom stereocenters. The Morgan fingerprint density at radius 1 is 1.07 bits per heavy atom. The Labute approximate surface area is 167 Å². The lowest BCUT2D eigenvalue weighted by Crippen LogP contribution is -2.24. The number of carbonyl (C=O) groups is 1. The molecule has 5 rings (SSSR count). The number of rotatable bonds is 2. The minimum absolute atomic E-state index is 0.00900. The van der Waals surface area contributed by atoms with Gasteiger partial charge in [0.25, 0.3) is 0 Å². The van der Waals surface area contributed by atoms with Crippen LogP contribution in [0.15, 0.2) is 42.5 Å². The first-order chi connectivity index (χ1) is 13.5. The van der Waals surface area contributed by atoms with E-state index in [2.05, 4.69) is 55.6 Å². The highest BCUT2D eigenvalue weighted by atomic mass is 32.1. The number of hydrogen-bond donors (Lipinski definition) is 1. The van der Waals surface area contributed by atoms with Gasteiger partial charge in [0, 0.05) is 17.9 Å². The largest absolute Gasteiger partial charge is 0.310 e. The fourth-order valence-corrected chi connectivity index (χ4v) is 4.90. The SMILES string of the molecule is Cc1ccc(C2CC(=O)Nc3c2c(C)nn3-c2nc3ccc(C)cc3s2)cc1. The van der Waals surface area contributed by atoms with Gasteiger partial charge in [0.05, 0.1) is 15.9 Å². The Bertz CT molecular complexity index is 1220. The van der Waals surface area contributed by atoms with E-state index in [0.717, 1.165) is 38.0 Å². The summed E-state index contributed by atoms with van der Waals surface area (Å²) in [7, 11) is 0. The van der Waals surface area contributed by atoms with E-state index >= 15 is 0 Å². The maximum atomic E-state index is 12.5. The number of anilines is 1. The van der Waals surface area contributed by atoms with E-state index in [-0.39, 0.29) is 11.8 Å². The minimum Gasteiger partial charge on any atom is -0.310 e. The van der Waals surface area contributed by atoms with Crippen LogP contribution in [-0.2, 0) is 4.79 Å². The highest BCUT2D eigenvalue weighted by Gasteiger charge is 2.33. The molecule has 28 heavy (non-hydrogen) atoms. The van der Waals surface area contributed by atoms with Gasteiger partial charge in [-0.15, -0.1) is 0 Å². The zero-order valence-corrected chi connectivity index (χ0v) is 16.8. The van der Waals surface area contributed by atoms with Gasteiger partial charge in [-0.2, -0.15) is 9.78 Å². The second-order valence-electron chi connectivity index (χ2n) is 7.44. The van der Waals surface area contributed by atoms with Crippen molar-refractivity contribution in [2.75, 3.05) is 5.32 Å². The normalized spacial score (nSPS) is 16.2. The third-order valence-electron chi connectivity index (χ3n) is 5.30. The summed E-state index contributed by atoms with van der Waals surface area (Å²) >= 11 is 1.59. The third kappa shape index (κ3) is 2.72. The second kappa shape index (κ2) is 6.27. The van der Waals surface area contributed by atoms with E-state index in [4.69, 9.17) is 10.1 Å². The van der Waals surface area contributed by atoms with Crippen LogP contribution in [0, 0.1) is 20.8 Å². The number of thiazole rings is 1. The molecule has 140 valence electrons. The first kappa shape index (κ1) is 17.1. The molecule has 6 heteroatoms. The van der Waals surface area contributed by atoms with Crippen LogP contribution in [0.25, 0.3) is 15.3 Å². The summed E-state index contributed by atoms with van der Waals surface area (Å²) in [5.74, 6) is 0.765. The lowest BCUT2D eigenvalue weighted by atomic mass is 9.85. The number of nitrogens with one attached hydrogen (secondary N) is 1. The standard InChI is InChI=1S/C22H20N4OS/c1-12-4-7-15(8-5-12)16-11-19(27)24-21-20(16)14(3)25-26(21)22-23-17-9-6-13(2)10-18(17)28-22/h4-10,16H,11H2,1-3H3,(H,24,27). The third-order valence-corrected chi connectivity index (χ3v) is 6.29. The summed E-state index contributed by atoms with van der Waals surface area (Å²) in [6.07, 6.45) is 0.432. The Morgan fingerprint density at radius 2 is 1.82 bits per heavy atom. The van der Waals surface area contributed by atoms with Gasteiger partial charge in [0.2, 0.25) is 11.0 Å². The van der Waals surface area contributed by atoms with Gasteiger partial charge < -0.3 is 5.32 Å². The topological polar surface area (TPSA) is 59.8 Å². The monoisotopic (exact) mass is 388 g/mol. The summed E-state index contributed by atoms with van der Waals surface area (Å²) in [5.41, 5.74) is 6.51. The number of aryl methyl sites for hydroxylation is 3. The number of amides is 1. The summed E-state index contributed by atoms with van der Waals surface area (Å²) in [6, 6.07) is 14.6. The summed E-state index contributed by atoms with van der Waals surface area (Å²) in [4.78, 5) is 17.3. The number of aromatic nitrogens is 3. The maximum absolute atomic E-state index is 12.5. The quantitative estimate of drug-likeness (QED) is 0.532. The maximum Gasteiger partial charge on any atom is 0.226 e. The zero-order chi connectivity index (χ0) is 19.4. The Balaban J connectivity index is 1.67. The number of fused-ring (bicyclic) bond motifs is 2. The van der Waals surface area contributed by atoms with Crippen LogP contribution in [0.1, 0.15) is 40.3 Å². The van der Waals surface area contributed by atoms with E-state index in [1.165, 1.54) is 11.1 Å². The highest BCUT2D eigenvalue weighted by molar-refractivity contribution is 7.20. The van der Waals surface area contributed by atoms with Gasteiger partial charge in [-0.25, -0.2) is 4.98 Å². The molecule has 1 aliphatic rings. The van der Waals surface area contributed by atoms with E-state index < -0.39 is 0 Å². The highest BCUT2D eigenvalue weighted by Crippen LogP contribution is 2.41. The lowest BCUT2D eigenvalue weighted by Gasteiger charge is -2.24. The number of carbonyl (C=O) groups excluding carboxylic acids is 1. The molecule has 1 N–H and O–H groups in total. The molecule has 4 aromatic rings. The molecule has 3 heterocycles. The van der Waals surface area contributed by atoms with Crippen molar-refractivity contribution < 1.29 is 4.79 Å². The van der Waals surface area contributed by atoms with E-state index in [1.807, 2.05) is 13.0 Å². The van der Waals surface area contributed by atoms with Gasteiger partial charge in [-0.1, -0.05) is 47.2 Å². The molecule has 0 aliphatic carbocycles. The first-order valence-corrected chi connectivity index (χ1v) is 10.1. The van der Waals surface area contributed by atoms with Gasteiger partial charge in [0.1, 0.15) is 5.82 Å². The van der Waals surface area contributed by atoms with Gasteiger partial charge in [0.15, 0.2) is 0 Å². The smallest absolute Gasteiger partial charge is 0.226 e. The number of hydrogen-bond acceptors (Lipinski definition) is 4. The van der Waals surface area contributed by atoms with Crippen LogP contribution in [-0.4, -0.2) is 20.7 Å². The van der Waals surface area contributed by atoms with E-state index in [0.29, 0.717) is 6.42 Å². The van der Waals surface area contributed by atoms with Crippen LogP contribution in [0.5, 0.6) is 0 Å². The van der Waals surface area contributed by atoms with Crippen LogP contribution in [0.2, 0.25) is 0 Å². The molecule has 2 aromatic heterocycles. The molecule has 0 bridgehead atoms. The number of nitrogens with zero attached hydrogens (tertiary/aromatic N) is 3. The van der Waals surface area contributed by atoms with E-state index in [9.17, 15) is 4.79 Å². The van der Waals surface area contributed by atoms with E-state index in [1.54, 1.807) is 16.0 Å². The fraction of sp³-hybridized carbons (Fsp3) is 0.227. The Hall–Kier alpha value is -2.99. The number of benzene rings is 2. The zero-order valence-electron chi connectivity index (χ0n) is 16.0. The molecule has 1 unspecified atom stereocenters. The lowest BCUT2D eigenvalue weighted by molar-refractivity contribution is -0.116. The second-order valence-corrected chi connectivity index (χ2v) is 8.45. The van der Waals surface area contributed by atoms with Crippen molar-refractivity contribution in [3.05, 3.63) is 70.4 Å². The van der Waals surface area contributed by atoms with Crippen molar-refractivity contribution in [1.29, 1.82) is 0 Å². The van der Waals surface area contributed by atoms with Gasteiger partial charge >= 0.3 is 0 Å². The van der Waals surface area contributed by atoms with Gasteiger partial charge in [-0.05, 0) is 44.0 Å². The molecule has 0 saturated carbocycles. The van der Waals surface area contributed by atoms with Crippen molar-refractivity contribution >= 4 is 33.3 Å². The van der Waals surface area contributed by atoms with Gasteiger partial charge in [-0.3, -0.25) is 4.79 Å². The fourth-order valence-electron chi connectivity index (χ4n) is 3.88. The molecule has 1 amide bonds. The van der Waals surface area contributed by atoms with Crippen molar-refractivity contribution in [1.82, 2.24) is 14.8 Å². The average molecular weight is 388 g/mol. The Kier molecular flexibility index (Phi) is 3.84. The molecule has 0 fully saturated rings. The first-order valence-electron chi connectivity index (χ1n) is 9.33. The van der Waals surface area contributed by atoms with Crippen LogP contribution in [0.4, 0.5) is 5.82 Å². The molecule has 0 spiro atoms. The summed E-state index contributed by atoms with van der Waals surface area (Å²) in [6.45, 7) is 6.15. The summed E-state index contributed by atoms with van der Waals surface area (Å²) < 4.78 is 2.91. The molecular formula is C22H20N4OS. The molecule has 5 nitrogen and oxygen atoms in total. The van der Waals surface area contributed by atoms with Crippen LogP contribution in [0.3, 0.4) is 0 Å². The van der Waals surface area contributed by atoms with Crippen molar-refractivity contribution in [2.45, 2.75) is 33.1 Å². The van der Waals surface area contributed by atoms with Crippen LogP contribution < -0.4 is 5.32 Å². The van der Waals surface area contributed by atoms with Crippen molar-refractivity contribution in [3.63, 3.8) is 0 Å².